The summed E-state index contributed by atoms with van der Waals surface area (Å²) in [6.07, 6.45) is 17.4. The minimum absolute atomic E-state index is 0.500. The molecule has 4 aliphatic rings. The highest BCUT2D eigenvalue weighted by atomic mass is 16.6. The molecule has 1 aromatic heterocycles. The van der Waals surface area contributed by atoms with Gasteiger partial charge in [-0.25, -0.2) is 4.98 Å². The molecule has 0 spiro atoms. The summed E-state index contributed by atoms with van der Waals surface area (Å²) in [5, 5.41) is 4.19. The smallest absolute Gasteiger partial charge is 0.155 e. The number of nitrogens with zero attached hydrogens (tertiary/aromatic N) is 4. The van der Waals surface area contributed by atoms with Gasteiger partial charge in [-0.15, -0.1) is 0 Å². The van der Waals surface area contributed by atoms with Crippen molar-refractivity contribution in [3.05, 3.63) is 30.1 Å². The van der Waals surface area contributed by atoms with Crippen LogP contribution in [0.25, 0.3) is 11.0 Å². The summed E-state index contributed by atoms with van der Waals surface area (Å²) < 4.78 is 2.48. The molecule has 2 saturated carbocycles. The van der Waals surface area contributed by atoms with Crippen molar-refractivity contribution in [2.45, 2.75) is 102 Å². The summed E-state index contributed by atoms with van der Waals surface area (Å²) in [5.41, 5.74) is 2.31. The largest absolute Gasteiger partial charge is 0.396 e. The Hall–Kier alpha value is -1.88. The van der Waals surface area contributed by atoms with E-state index in [-0.39, 0.29) is 0 Å². The molecule has 2 aromatic rings. The predicted molar refractivity (Wildman–Crippen MR) is 129 cm³/mol. The first kappa shape index (κ1) is 20.7. The van der Waals surface area contributed by atoms with Crippen molar-refractivity contribution in [2.24, 2.45) is 17.0 Å². The van der Waals surface area contributed by atoms with Crippen LogP contribution in [0.3, 0.4) is 0 Å². The van der Waals surface area contributed by atoms with Gasteiger partial charge in [0.2, 0.25) is 0 Å². The number of rotatable bonds is 5. The summed E-state index contributed by atoms with van der Waals surface area (Å²) in [7, 11) is 0. The Kier molecular flexibility index (Phi) is 5.70. The monoisotopic (exact) mass is 434 g/mol. The van der Waals surface area contributed by atoms with Gasteiger partial charge in [-0.3, -0.25) is 4.90 Å². The number of aromatic nitrogens is 2. The molecule has 2 aliphatic carbocycles. The molecule has 5 heteroatoms. The zero-order valence-corrected chi connectivity index (χ0v) is 19.5. The van der Waals surface area contributed by atoms with Crippen LogP contribution in [0.2, 0.25) is 0 Å². The lowest BCUT2D eigenvalue weighted by Gasteiger charge is -2.55. The normalized spacial score (nSPS) is 35.4. The molecule has 6 rings (SSSR count). The van der Waals surface area contributed by atoms with Crippen molar-refractivity contribution in [2.75, 3.05) is 6.61 Å². The molecule has 3 heterocycles. The van der Waals surface area contributed by atoms with Crippen molar-refractivity contribution < 1.29 is 4.84 Å². The quantitative estimate of drug-likeness (QED) is 0.432. The molecule has 172 valence electrons. The minimum atomic E-state index is 0.500. The topological polar surface area (TPSA) is 42.7 Å². The third-order valence-corrected chi connectivity index (χ3v) is 8.89. The highest BCUT2D eigenvalue weighted by Crippen LogP contribution is 2.47. The van der Waals surface area contributed by atoms with Crippen LogP contribution in [0.5, 0.6) is 0 Å². The second-order valence-electron chi connectivity index (χ2n) is 10.8. The highest BCUT2D eigenvalue weighted by molar-refractivity contribution is 5.85. The SMILES string of the molecule is CCO/N=C/c1nc2ccccc2n1[C@H]1C[C@H]2CCC[C@@H](C1)N2[C@H]1C[C@@H]2CCC[C@@H](C2)C1. The van der Waals surface area contributed by atoms with Gasteiger partial charge in [-0.1, -0.05) is 43.0 Å². The van der Waals surface area contributed by atoms with Crippen LogP contribution in [-0.2, 0) is 4.84 Å². The molecule has 2 aliphatic heterocycles. The Morgan fingerprint density at radius 2 is 1.62 bits per heavy atom. The first-order valence-electron chi connectivity index (χ1n) is 13.2. The molecule has 0 N–H and O–H groups in total. The Morgan fingerprint density at radius 1 is 0.906 bits per heavy atom. The van der Waals surface area contributed by atoms with Crippen LogP contribution in [0, 0.1) is 11.8 Å². The number of imidazole rings is 1. The Balaban J connectivity index is 1.29. The van der Waals surface area contributed by atoms with E-state index in [9.17, 15) is 0 Å². The Morgan fingerprint density at radius 3 is 2.38 bits per heavy atom. The van der Waals surface area contributed by atoms with Gasteiger partial charge >= 0.3 is 0 Å². The molecule has 0 radical (unpaired) electrons. The van der Waals surface area contributed by atoms with Gasteiger partial charge in [0, 0.05) is 24.2 Å². The predicted octanol–water partition coefficient (Wildman–Crippen LogP) is 5.93. The second kappa shape index (κ2) is 8.81. The summed E-state index contributed by atoms with van der Waals surface area (Å²) in [5.74, 6) is 2.96. The molecular weight excluding hydrogens is 396 g/mol. The van der Waals surface area contributed by atoms with E-state index in [0.717, 1.165) is 41.3 Å². The molecular formula is C27H38N4O. The molecule has 0 amide bonds. The van der Waals surface area contributed by atoms with Gasteiger partial charge in [0.05, 0.1) is 11.0 Å². The zero-order valence-electron chi connectivity index (χ0n) is 19.5. The second-order valence-corrected chi connectivity index (χ2v) is 10.8. The van der Waals surface area contributed by atoms with Crippen LogP contribution < -0.4 is 0 Å². The van der Waals surface area contributed by atoms with Crippen molar-refractivity contribution in [3.8, 4) is 0 Å². The van der Waals surface area contributed by atoms with Gasteiger partial charge in [0.15, 0.2) is 5.82 Å². The van der Waals surface area contributed by atoms with Crippen LogP contribution in [-0.4, -0.2) is 45.4 Å². The maximum absolute atomic E-state index is 5.29. The molecule has 4 fully saturated rings. The van der Waals surface area contributed by atoms with Gasteiger partial charge in [0.1, 0.15) is 12.8 Å². The van der Waals surface area contributed by atoms with E-state index in [0.29, 0.717) is 12.6 Å². The first-order valence-corrected chi connectivity index (χ1v) is 13.2. The molecule has 0 unspecified atom stereocenters. The number of hydrogen-bond acceptors (Lipinski definition) is 4. The van der Waals surface area contributed by atoms with Gasteiger partial charge < -0.3 is 9.40 Å². The Bertz CT molecular complexity index is 942. The third-order valence-electron chi connectivity index (χ3n) is 8.89. The lowest BCUT2D eigenvalue weighted by atomic mass is 9.68. The van der Waals surface area contributed by atoms with E-state index in [1.165, 1.54) is 76.1 Å². The van der Waals surface area contributed by atoms with E-state index in [2.05, 4.69) is 38.9 Å². The van der Waals surface area contributed by atoms with Gasteiger partial charge in [-0.2, -0.15) is 0 Å². The number of oxime groups is 1. The number of para-hydroxylation sites is 2. The molecule has 6 atom stereocenters. The van der Waals surface area contributed by atoms with Crippen molar-refractivity contribution in [3.63, 3.8) is 0 Å². The van der Waals surface area contributed by atoms with E-state index in [1.54, 1.807) is 0 Å². The average Bonchev–Trinajstić information content (AvgIpc) is 3.16. The first-order chi connectivity index (χ1) is 15.8. The van der Waals surface area contributed by atoms with E-state index < -0.39 is 0 Å². The van der Waals surface area contributed by atoms with Crippen molar-refractivity contribution >= 4 is 17.2 Å². The molecule has 32 heavy (non-hydrogen) atoms. The lowest BCUT2D eigenvalue weighted by molar-refractivity contribution is -0.0483. The standard InChI is InChI=1S/C27H38N4O/c1-2-32-28-18-27-29-25-11-3-4-12-26(25)31(27)24-16-21-9-6-10-22(17-24)30(21)23-14-19-7-5-8-20(13-19)15-23/h3-4,11-12,18-24H,2,5-10,13-17H2,1H3/b28-18+/t19-,20+,21-,22+,23+,24+. The minimum Gasteiger partial charge on any atom is -0.396 e. The summed E-state index contributed by atoms with van der Waals surface area (Å²) in [6, 6.07) is 11.4. The highest BCUT2D eigenvalue weighted by Gasteiger charge is 2.45. The van der Waals surface area contributed by atoms with Crippen LogP contribution >= 0.6 is 0 Å². The molecule has 1 aromatic carbocycles. The zero-order chi connectivity index (χ0) is 21.5. The van der Waals surface area contributed by atoms with Crippen LogP contribution in [0.1, 0.15) is 89.4 Å². The number of hydrogen-bond donors (Lipinski definition) is 0. The summed E-state index contributed by atoms with van der Waals surface area (Å²) in [4.78, 5) is 13.3. The van der Waals surface area contributed by atoms with E-state index in [1.807, 2.05) is 13.1 Å². The number of piperidine rings is 2. The maximum atomic E-state index is 5.29. The summed E-state index contributed by atoms with van der Waals surface area (Å²) >= 11 is 0. The van der Waals surface area contributed by atoms with Crippen LogP contribution in [0.15, 0.2) is 29.4 Å². The third kappa shape index (κ3) is 3.76. The van der Waals surface area contributed by atoms with E-state index in [4.69, 9.17) is 9.82 Å². The molecule has 4 bridgehead atoms. The van der Waals surface area contributed by atoms with Gasteiger partial charge in [0.25, 0.3) is 0 Å². The molecule has 2 saturated heterocycles. The lowest BCUT2D eigenvalue weighted by Crippen LogP contribution is -2.58. The van der Waals surface area contributed by atoms with E-state index >= 15 is 0 Å². The maximum Gasteiger partial charge on any atom is 0.155 e. The summed E-state index contributed by atoms with van der Waals surface area (Å²) in [6.45, 7) is 2.55. The van der Waals surface area contributed by atoms with Gasteiger partial charge in [-0.05, 0) is 75.8 Å². The van der Waals surface area contributed by atoms with Crippen molar-refractivity contribution in [1.82, 2.24) is 14.5 Å². The molecule has 5 nitrogen and oxygen atoms in total. The number of benzene rings is 1. The fraction of sp³-hybridized carbons (Fsp3) is 0.704. The number of fused-ring (bicyclic) bond motifs is 5. The average molecular weight is 435 g/mol. The fourth-order valence-corrected chi connectivity index (χ4v) is 7.83. The Labute approximate surface area is 192 Å². The fourth-order valence-electron chi connectivity index (χ4n) is 7.83. The van der Waals surface area contributed by atoms with Crippen molar-refractivity contribution in [1.29, 1.82) is 0 Å². The van der Waals surface area contributed by atoms with Crippen LogP contribution in [0.4, 0.5) is 0 Å².